The van der Waals surface area contributed by atoms with Crippen LogP contribution in [0.15, 0.2) is 53.4 Å². The molecule has 0 aliphatic carbocycles. The van der Waals surface area contributed by atoms with Gasteiger partial charge in [0.15, 0.2) is 0 Å². The molecule has 0 saturated heterocycles. The maximum absolute atomic E-state index is 11.8. The lowest BCUT2D eigenvalue weighted by Crippen LogP contribution is -2.36. The second-order valence-electron chi connectivity index (χ2n) is 4.98. The van der Waals surface area contributed by atoms with Crippen molar-refractivity contribution in [2.75, 3.05) is 6.54 Å². The number of hydrogen-bond acceptors (Lipinski definition) is 4. The molecule has 0 saturated carbocycles. The standard InChI is InChI=1S/C16H17N5OS/c22-16(17-8-6-13-4-2-1-3-5-13)18-10-14-11-21(20-19-14)15-7-9-23-12-15/h1-5,7,9,11-12H,6,8,10H2,(H2,17,18,22). The first-order chi connectivity index (χ1) is 11.3. The highest BCUT2D eigenvalue weighted by molar-refractivity contribution is 7.08. The van der Waals surface area contributed by atoms with E-state index in [9.17, 15) is 4.79 Å². The molecule has 0 bridgehead atoms. The molecule has 23 heavy (non-hydrogen) atoms. The third-order valence-corrected chi connectivity index (χ3v) is 3.95. The predicted octanol–water partition coefficient (Wildman–Crippen LogP) is 2.37. The second kappa shape index (κ2) is 7.55. The molecule has 0 unspecified atom stereocenters. The first kappa shape index (κ1) is 15.2. The molecule has 2 N–H and O–H groups in total. The van der Waals surface area contributed by atoms with Crippen LogP contribution in [0, 0.1) is 0 Å². The lowest BCUT2D eigenvalue weighted by atomic mass is 10.1. The SMILES string of the molecule is O=C(NCCc1ccccc1)NCc1cn(-c2ccsc2)nn1. The molecule has 0 radical (unpaired) electrons. The number of thiophene rings is 1. The summed E-state index contributed by atoms with van der Waals surface area (Å²) in [5.41, 5.74) is 2.89. The molecule has 7 heteroatoms. The van der Waals surface area contributed by atoms with Crippen molar-refractivity contribution in [2.24, 2.45) is 0 Å². The first-order valence-electron chi connectivity index (χ1n) is 7.31. The fraction of sp³-hybridized carbons (Fsp3) is 0.188. The number of carbonyl (C=O) groups is 1. The molecular formula is C16H17N5OS. The van der Waals surface area contributed by atoms with Crippen LogP contribution in [-0.4, -0.2) is 27.6 Å². The fourth-order valence-electron chi connectivity index (χ4n) is 2.09. The number of amides is 2. The maximum Gasteiger partial charge on any atom is 0.315 e. The number of hydrogen-bond donors (Lipinski definition) is 2. The Kier molecular flexibility index (Phi) is 5.00. The molecule has 3 aromatic rings. The van der Waals surface area contributed by atoms with Crippen LogP contribution >= 0.6 is 11.3 Å². The maximum atomic E-state index is 11.8. The molecule has 2 amide bonds. The highest BCUT2D eigenvalue weighted by atomic mass is 32.1. The van der Waals surface area contributed by atoms with Crippen LogP contribution in [0.25, 0.3) is 5.69 Å². The number of urea groups is 1. The van der Waals surface area contributed by atoms with Gasteiger partial charge in [-0.3, -0.25) is 0 Å². The molecule has 3 rings (SSSR count). The third kappa shape index (κ3) is 4.40. The molecule has 0 atom stereocenters. The average Bonchev–Trinajstić information content (AvgIpc) is 3.25. The van der Waals surface area contributed by atoms with E-state index >= 15 is 0 Å². The van der Waals surface area contributed by atoms with E-state index in [1.165, 1.54) is 5.56 Å². The second-order valence-corrected chi connectivity index (χ2v) is 5.76. The Bertz CT molecular complexity index is 739. The van der Waals surface area contributed by atoms with Crippen molar-refractivity contribution >= 4 is 17.4 Å². The van der Waals surface area contributed by atoms with E-state index in [1.807, 2.05) is 53.4 Å². The summed E-state index contributed by atoms with van der Waals surface area (Å²) >= 11 is 1.60. The van der Waals surface area contributed by atoms with Crippen LogP contribution in [0.4, 0.5) is 4.79 Å². The summed E-state index contributed by atoms with van der Waals surface area (Å²) in [6.07, 6.45) is 2.62. The van der Waals surface area contributed by atoms with Gasteiger partial charge in [0.2, 0.25) is 0 Å². The van der Waals surface area contributed by atoms with Crippen molar-refractivity contribution in [3.8, 4) is 5.69 Å². The molecule has 2 aromatic heterocycles. The normalized spacial score (nSPS) is 10.4. The van der Waals surface area contributed by atoms with Gasteiger partial charge in [-0.15, -0.1) is 5.10 Å². The zero-order valence-corrected chi connectivity index (χ0v) is 13.3. The van der Waals surface area contributed by atoms with Crippen molar-refractivity contribution in [1.82, 2.24) is 25.6 Å². The summed E-state index contributed by atoms with van der Waals surface area (Å²) in [5, 5.41) is 17.7. The van der Waals surface area contributed by atoms with E-state index in [2.05, 4.69) is 20.9 Å². The summed E-state index contributed by atoms with van der Waals surface area (Å²) in [6.45, 7) is 0.943. The lowest BCUT2D eigenvalue weighted by Gasteiger charge is -2.06. The molecule has 118 valence electrons. The van der Waals surface area contributed by atoms with E-state index in [0.29, 0.717) is 13.1 Å². The first-order valence-corrected chi connectivity index (χ1v) is 8.25. The number of benzene rings is 1. The van der Waals surface area contributed by atoms with Crippen LogP contribution in [-0.2, 0) is 13.0 Å². The molecular weight excluding hydrogens is 310 g/mol. The van der Waals surface area contributed by atoms with Gasteiger partial charge in [0.1, 0.15) is 5.69 Å². The Hall–Kier alpha value is -2.67. The summed E-state index contributed by atoms with van der Waals surface area (Å²) in [7, 11) is 0. The van der Waals surface area contributed by atoms with Crippen LogP contribution in [0.3, 0.4) is 0 Å². The number of aromatic nitrogens is 3. The molecule has 0 aliphatic heterocycles. The minimum Gasteiger partial charge on any atom is -0.338 e. The molecule has 0 fully saturated rings. The van der Waals surface area contributed by atoms with Gasteiger partial charge in [-0.25, -0.2) is 9.48 Å². The molecule has 6 nitrogen and oxygen atoms in total. The Balaban J connectivity index is 1.41. The largest absolute Gasteiger partial charge is 0.338 e. The van der Waals surface area contributed by atoms with E-state index < -0.39 is 0 Å². The third-order valence-electron chi connectivity index (χ3n) is 3.28. The Morgan fingerprint density at radius 2 is 2.04 bits per heavy atom. The smallest absolute Gasteiger partial charge is 0.315 e. The van der Waals surface area contributed by atoms with E-state index in [0.717, 1.165) is 17.8 Å². The number of carbonyl (C=O) groups excluding carboxylic acids is 1. The van der Waals surface area contributed by atoms with E-state index in [1.54, 1.807) is 16.0 Å². The topological polar surface area (TPSA) is 71.8 Å². The van der Waals surface area contributed by atoms with Crippen molar-refractivity contribution < 1.29 is 4.79 Å². The van der Waals surface area contributed by atoms with Crippen LogP contribution < -0.4 is 10.6 Å². The van der Waals surface area contributed by atoms with Gasteiger partial charge >= 0.3 is 6.03 Å². The predicted molar refractivity (Wildman–Crippen MR) is 89.6 cm³/mol. The quantitative estimate of drug-likeness (QED) is 0.730. The summed E-state index contributed by atoms with van der Waals surface area (Å²) in [5.74, 6) is 0. The summed E-state index contributed by atoms with van der Waals surface area (Å²) < 4.78 is 1.70. The zero-order chi connectivity index (χ0) is 15.9. The minimum atomic E-state index is -0.203. The van der Waals surface area contributed by atoms with Crippen LogP contribution in [0.5, 0.6) is 0 Å². The van der Waals surface area contributed by atoms with Crippen molar-refractivity contribution in [1.29, 1.82) is 0 Å². The number of nitrogens with one attached hydrogen (secondary N) is 2. The van der Waals surface area contributed by atoms with Crippen LogP contribution in [0.2, 0.25) is 0 Å². The summed E-state index contributed by atoms with van der Waals surface area (Å²) in [4.78, 5) is 11.8. The van der Waals surface area contributed by atoms with Crippen molar-refractivity contribution in [3.63, 3.8) is 0 Å². The highest BCUT2D eigenvalue weighted by Gasteiger charge is 2.05. The van der Waals surface area contributed by atoms with Crippen molar-refractivity contribution in [3.05, 3.63) is 64.6 Å². The summed E-state index contributed by atoms with van der Waals surface area (Å²) in [6, 6.07) is 11.8. The van der Waals surface area contributed by atoms with Gasteiger partial charge < -0.3 is 10.6 Å². The van der Waals surface area contributed by atoms with E-state index in [4.69, 9.17) is 0 Å². The van der Waals surface area contributed by atoms with Gasteiger partial charge in [0.05, 0.1) is 18.4 Å². The molecule has 1 aromatic carbocycles. The Labute approximate surface area is 138 Å². The number of nitrogens with zero attached hydrogens (tertiary/aromatic N) is 3. The lowest BCUT2D eigenvalue weighted by molar-refractivity contribution is 0.240. The van der Waals surface area contributed by atoms with Crippen molar-refractivity contribution in [2.45, 2.75) is 13.0 Å². The van der Waals surface area contributed by atoms with E-state index in [-0.39, 0.29) is 6.03 Å². The highest BCUT2D eigenvalue weighted by Crippen LogP contribution is 2.10. The average molecular weight is 327 g/mol. The van der Waals surface area contributed by atoms with Gasteiger partial charge in [0, 0.05) is 11.9 Å². The molecule has 0 aliphatic rings. The number of rotatable bonds is 6. The van der Waals surface area contributed by atoms with Gasteiger partial charge in [0.25, 0.3) is 0 Å². The fourth-order valence-corrected chi connectivity index (χ4v) is 2.71. The minimum absolute atomic E-state index is 0.203. The monoisotopic (exact) mass is 327 g/mol. The van der Waals surface area contributed by atoms with Gasteiger partial charge in [-0.2, -0.15) is 11.3 Å². The molecule has 2 heterocycles. The van der Waals surface area contributed by atoms with Gasteiger partial charge in [-0.05, 0) is 23.4 Å². The van der Waals surface area contributed by atoms with Crippen LogP contribution in [0.1, 0.15) is 11.3 Å². The zero-order valence-electron chi connectivity index (χ0n) is 12.5. The Morgan fingerprint density at radius 3 is 2.83 bits per heavy atom. The van der Waals surface area contributed by atoms with Gasteiger partial charge in [-0.1, -0.05) is 35.5 Å². The molecule has 0 spiro atoms. The Morgan fingerprint density at radius 1 is 1.17 bits per heavy atom.